The molecule has 0 amide bonds. The van der Waals surface area contributed by atoms with Gasteiger partial charge in [0.05, 0.1) is 6.61 Å². The lowest BCUT2D eigenvalue weighted by molar-refractivity contribution is -0.161. The maximum Gasteiger partial charge on any atom is 0.469 e. The zero-order valence-electron chi connectivity index (χ0n) is 31.2. The fourth-order valence-electron chi connectivity index (χ4n) is 4.57. The molecule has 0 saturated carbocycles. The van der Waals surface area contributed by atoms with Crippen LogP contribution in [0.4, 0.5) is 0 Å². The van der Waals surface area contributed by atoms with Crippen LogP contribution in [0.15, 0.2) is 85.1 Å². The van der Waals surface area contributed by atoms with Gasteiger partial charge in [-0.15, -0.1) is 0 Å². The SMILES string of the molecule is CC/C=C\C/C=C\C/C=C\CCCCCCCC(=O)O[C@H](COC(=O)CCC/C=C\C/C=C\C/C=C\C=C\C(=O)CCCCC)COP(=O)(O)O. The number of phosphoric acid groups is 1. The molecule has 0 bridgehead atoms. The third kappa shape index (κ3) is 38.0. The molecule has 0 fully saturated rings. The fraction of sp³-hybridized carbons (Fsp3) is 0.585. The van der Waals surface area contributed by atoms with Crippen molar-refractivity contribution in [2.24, 2.45) is 0 Å². The van der Waals surface area contributed by atoms with E-state index in [1.54, 1.807) is 12.2 Å². The average Bonchev–Trinajstić information content (AvgIpc) is 3.09. The van der Waals surface area contributed by atoms with Crippen LogP contribution in [0.25, 0.3) is 0 Å². The highest BCUT2D eigenvalue weighted by Crippen LogP contribution is 2.35. The maximum atomic E-state index is 12.4. The van der Waals surface area contributed by atoms with Crippen molar-refractivity contribution in [3.8, 4) is 0 Å². The smallest absolute Gasteiger partial charge is 0.462 e. The lowest BCUT2D eigenvalue weighted by Crippen LogP contribution is -2.29. The van der Waals surface area contributed by atoms with Crippen LogP contribution in [0, 0.1) is 0 Å². The topological polar surface area (TPSA) is 136 Å². The molecular formula is C41H65O9P. The number of phosphoric ester groups is 1. The normalized spacial score (nSPS) is 13.3. The Balaban J connectivity index is 4.16. The molecule has 0 unspecified atom stereocenters. The maximum absolute atomic E-state index is 12.4. The van der Waals surface area contributed by atoms with Crippen LogP contribution in [0.3, 0.4) is 0 Å². The number of carbonyl (C=O) groups is 3. The van der Waals surface area contributed by atoms with Gasteiger partial charge in [-0.25, -0.2) is 4.57 Å². The summed E-state index contributed by atoms with van der Waals surface area (Å²) in [6.45, 7) is 3.32. The van der Waals surface area contributed by atoms with Gasteiger partial charge in [-0.1, -0.05) is 125 Å². The Labute approximate surface area is 307 Å². The van der Waals surface area contributed by atoms with E-state index in [0.29, 0.717) is 25.7 Å². The fourth-order valence-corrected chi connectivity index (χ4v) is 4.93. The standard InChI is InChI=1S/C41H65O9P/c1-3-5-7-8-9-10-11-12-13-14-17-21-24-27-31-35-41(44)50-39(37-49-51(45,46)47)36-48-40(43)34-30-26-23-20-18-15-16-19-22-25-29-33-38(42)32-28-6-4-2/h5,7,9-10,12-13,15-16,20,22-23,25,29,33,39H,3-4,6,8,11,14,17-19,21,24,26-28,30-32,34-37H2,1-2H3,(H2,45,46,47)/b7-5-,10-9-,13-12-,16-15-,23-20-,25-22-,33-29+/t39-/m1/s1. The van der Waals surface area contributed by atoms with Crippen LogP contribution < -0.4 is 0 Å². The molecule has 9 nitrogen and oxygen atoms in total. The number of allylic oxidation sites excluding steroid dienone is 14. The second-order valence-corrected chi connectivity index (χ2v) is 13.4. The zero-order chi connectivity index (χ0) is 37.7. The molecule has 0 radical (unpaired) electrons. The minimum absolute atomic E-state index is 0.156. The van der Waals surface area contributed by atoms with Gasteiger partial charge >= 0.3 is 19.8 Å². The van der Waals surface area contributed by atoms with E-state index in [2.05, 4.69) is 54.8 Å². The molecule has 51 heavy (non-hydrogen) atoms. The summed E-state index contributed by atoms with van der Waals surface area (Å²) in [5.74, 6) is -0.851. The van der Waals surface area contributed by atoms with Gasteiger partial charge in [0.25, 0.3) is 0 Å². The molecule has 0 rings (SSSR count). The van der Waals surface area contributed by atoms with E-state index < -0.39 is 32.5 Å². The molecular weight excluding hydrogens is 667 g/mol. The minimum Gasteiger partial charge on any atom is -0.462 e. The molecule has 10 heteroatoms. The number of hydrogen-bond donors (Lipinski definition) is 2. The van der Waals surface area contributed by atoms with Gasteiger partial charge in [0, 0.05) is 19.3 Å². The van der Waals surface area contributed by atoms with Gasteiger partial charge in [-0.3, -0.25) is 18.9 Å². The molecule has 0 aliphatic carbocycles. The summed E-state index contributed by atoms with van der Waals surface area (Å²) in [4.78, 5) is 54.4. The van der Waals surface area contributed by atoms with Crippen molar-refractivity contribution in [3.63, 3.8) is 0 Å². The van der Waals surface area contributed by atoms with E-state index >= 15 is 0 Å². The van der Waals surface area contributed by atoms with Crippen LogP contribution in [0.2, 0.25) is 0 Å². The Morgan fingerprint density at radius 3 is 1.78 bits per heavy atom. The molecule has 288 valence electrons. The summed E-state index contributed by atoms with van der Waals surface area (Å²) >= 11 is 0. The summed E-state index contributed by atoms with van der Waals surface area (Å²) in [7, 11) is -4.79. The summed E-state index contributed by atoms with van der Waals surface area (Å²) in [5, 5.41) is 0. The Morgan fingerprint density at radius 1 is 0.588 bits per heavy atom. The third-order valence-electron chi connectivity index (χ3n) is 7.37. The summed E-state index contributed by atoms with van der Waals surface area (Å²) in [6.07, 6.45) is 42.9. The van der Waals surface area contributed by atoms with E-state index in [1.165, 1.54) is 0 Å². The quantitative estimate of drug-likeness (QED) is 0.0169. The molecule has 0 aromatic carbocycles. The predicted molar refractivity (Wildman–Crippen MR) is 207 cm³/mol. The van der Waals surface area contributed by atoms with E-state index in [1.807, 2.05) is 36.5 Å². The van der Waals surface area contributed by atoms with Gasteiger partial charge < -0.3 is 19.3 Å². The zero-order valence-corrected chi connectivity index (χ0v) is 32.1. The number of hydrogen-bond acceptors (Lipinski definition) is 7. The molecule has 0 spiro atoms. The largest absolute Gasteiger partial charge is 0.469 e. The number of ether oxygens (including phenoxy) is 2. The first kappa shape index (κ1) is 47.9. The second-order valence-electron chi connectivity index (χ2n) is 12.2. The van der Waals surface area contributed by atoms with Crippen LogP contribution >= 0.6 is 7.82 Å². The highest BCUT2D eigenvalue weighted by atomic mass is 31.2. The van der Waals surface area contributed by atoms with Crippen molar-refractivity contribution in [3.05, 3.63) is 85.1 Å². The first-order valence-corrected chi connectivity index (χ1v) is 20.4. The Morgan fingerprint density at radius 2 is 1.14 bits per heavy atom. The molecule has 0 saturated heterocycles. The molecule has 0 aliphatic rings. The first-order valence-electron chi connectivity index (χ1n) is 18.8. The number of unbranched alkanes of at least 4 members (excludes halogenated alkanes) is 8. The van der Waals surface area contributed by atoms with Crippen molar-refractivity contribution in [1.82, 2.24) is 0 Å². The third-order valence-corrected chi connectivity index (χ3v) is 7.86. The van der Waals surface area contributed by atoms with Gasteiger partial charge in [0.2, 0.25) is 0 Å². The van der Waals surface area contributed by atoms with Crippen molar-refractivity contribution in [2.45, 2.75) is 142 Å². The van der Waals surface area contributed by atoms with Crippen molar-refractivity contribution in [2.75, 3.05) is 13.2 Å². The highest BCUT2D eigenvalue weighted by molar-refractivity contribution is 7.46. The van der Waals surface area contributed by atoms with Crippen molar-refractivity contribution < 1.29 is 42.7 Å². The molecule has 0 aromatic heterocycles. The van der Waals surface area contributed by atoms with E-state index in [4.69, 9.17) is 19.3 Å². The summed E-state index contributed by atoms with van der Waals surface area (Å²) in [6, 6.07) is 0. The van der Waals surface area contributed by atoms with Gasteiger partial charge in [-0.05, 0) is 76.7 Å². The minimum atomic E-state index is -4.79. The van der Waals surface area contributed by atoms with Crippen LogP contribution in [0.1, 0.15) is 136 Å². The number of carbonyl (C=O) groups excluding carboxylic acids is 3. The average molecular weight is 733 g/mol. The number of ketones is 1. The van der Waals surface area contributed by atoms with Crippen LogP contribution in [0.5, 0.6) is 0 Å². The van der Waals surface area contributed by atoms with Gasteiger partial charge in [0.15, 0.2) is 11.9 Å². The highest BCUT2D eigenvalue weighted by Gasteiger charge is 2.22. The van der Waals surface area contributed by atoms with Crippen molar-refractivity contribution in [1.29, 1.82) is 0 Å². The molecule has 2 N–H and O–H groups in total. The van der Waals surface area contributed by atoms with Gasteiger partial charge in [0.1, 0.15) is 6.61 Å². The lowest BCUT2D eigenvalue weighted by atomic mass is 10.1. The monoisotopic (exact) mass is 732 g/mol. The lowest BCUT2D eigenvalue weighted by Gasteiger charge is -2.18. The van der Waals surface area contributed by atoms with Crippen LogP contribution in [-0.2, 0) is 32.9 Å². The van der Waals surface area contributed by atoms with Crippen molar-refractivity contribution >= 4 is 25.5 Å². The second kappa shape index (κ2) is 35.3. The number of rotatable bonds is 33. The molecule has 0 aromatic rings. The summed E-state index contributed by atoms with van der Waals surface area (Å²) < 4.78 is 26.2. The Kier molecular flexibility index (Phi) is 33.2. The number of esters is 2. The first-order chi connectivity index (χ1) is 24.7. The summed E-state index contributed by atoms with van der Waals surface area (Å²) in [5.41, 5.74) is 0. The van der Waals surface area contributed by atoms with E-state index in [-0.39, 0.29) is 25.2 Å². The molecule has 0 aliphatic heterocycles. The molecule has 0 heterocycles. The molecule has 1 atom stereocenters. The Bertz CT molecular complexity index is 1160. The van der Waals surface area contributed by atoms with E-state index in [9.17, 15) is 18.9 Å². The van der Waals surface area contributed by atoms with Gasteiger partial charge in [-0.2, -0.15) is 0 Å². The van der Waals surface area contributed by atoms with E-state index in [0.717, 1.165) is 83.5 Å². The van der Waals surface area contributed by atoms with Crippen LogP contribution in [-0.4, -0.2) is 46.8 Å². The Hall–Kier alpha value is -3.10. The predicted octanol–water partition coefficient (Wildman–Crippen LogP) is 10.5.